The van der Waals surface area contributed by atoms with Gasteiger partial charge in [0.25, 0.3) is 5.56 Å². The molecule has 0 saturated carbocycles. The van der Waals surface area contributed by atoms with Gasteiger partial charge in [-0.05, 0) is 48.9 Å². The smallest absolute Gasteiger partial charge is 0.266 e. The van der Waals surface area contributed by atoms with Gasteiger partial charge in [0.05, 0.1) is 41.1 Å². The van der Waals surface area contributed by atoms with E-state index in [1.54, 1.807) is 60.7 Å². The molecular formula is C25H19ClN4O3S. The van der Waals surface area contributed by atoms with Crippen molar-refractivity contribution < 1.29 is 9.53 Å². The van der Waals surface area contributed by atoms with E-state index in [9.17, 15) is 9.59 Å². The molecular weight excluding hydrogens is 472 g/mol. The van der Waals surface area contributed by atoms with Crippen LogP contribution in [0.4, 0.5) is 5.69 Å². The zero-order chi connectivity index (χ0) is 24.2. The van der Waals surface area contributed by atoms with Gasteiger partial charge in [-0.25, -0.2) is 4.98 Å². The lowest BCUT2D eigenvalue weighted by atomic mass is 10.2. The van der Waals surface area contributed by atoms with E-state index in [0.717, 1.165) is 17.3 Å². The Bertz CT molecular complexity index is 1510. The number of carbonyl (C=O) groups is 1. The van der Waals surface area contributed by atoms with E-state index in [2.05, 4.69) is 10.3 Å². The first-order chi connectivity index (χ1) is 16.4. The first-order valence-corrected chi connectivity index (χ1v) is 11.6. The van der Waals surface area contributed by atoms with Gasteiger partial charge < -0.3 is 10.1 Å². The number of nitrogens with one attached hydrogen (secondary N) is 1. The summed E-state index contributed by atoms with van der Waals surface area (Å²) in [6, 6.07) is 19.1. The minimum Gasteiger partial charge on any atom is -0.495 e. The van der Waals surface area contributed by atoms with Crippen molar-refractivity contribution in [2.24, 2.45) is 0 Å². The van der Waals surface area contributed by atoms with Crippen molar-refractivity contribution in [1.82, 2.24) is 9.55 Å². The Balaban J connectivity index is 1.74. The topological polar surface area (TPSA) is 97.0 Å². The number of halogens is 1. The predicted octanol–water partition coefficient (Wildman–Crippen LogP) is 4.96. The number of para-hydroxylation sites is 1. The standard InChI is InChI=1S/C25H19ClN4O3S/c1-15-10-21(22(33-2)12-19(15)26)30-24(32)18-8-3-4-9-20(18)29-25(30)34-14-23(31)28-17-7-5-6-16(11-17)13-27/h3-12H,14H2,1-2H3,(H,28,31). The minimum absolute atomic E-state index is 0.00352. The number of nitrogens with zero attached hydrogens (tertiary/aromatic N) is 3. The van der Waals surface area contributed by atoms with Gasteiger partial charge in [-0.3, -0.25) is 14.2 Å². The Morgan fingerprint density at radius 1 is 1.21 bits per heavy atom. The summed E-state index contributed by atoms with van der Waals surface area (Å²) in [4.78, 5) is 30.8. The lowest BCUT2D eigenvalue weighted by molar-refractivity contribution is -0.113. The third-order valence-corrected chi connectivity index (χ3v) is 6.40. The average molecular weight is 491 g/mol. The highest BCUT2D eigenvalue weighted by Gasteiger charge is 2.19. The first-order valence-electron chi connectivity index (χ1n) is 10.2. The Hall–Kier alpha value is -3.80. The summed E-state index contributed by atoms with van der Waals surface area (Å²) in [5.74, 6) is 0.110. The van der Waals surface area contributed by atoms with Crippen molar-refractivity contribution in [2.75, 3.05) is 18.2 Å². The molecule has 0 unspecified atom stereocenters. The fourth-order valence-corrected chi connectivity index (χ4v) is 4.36. The van der Waals surface area contributed by atoms with Crippen molar-refractivity contribution in [3.8, 4) is 17.5 Å². The molecule has 0 fully saturated rings. The SMILES string of the molecule is COc1cc(Cl)c(C)cc1-n1c(SCC(=O)Nc2cccc(C#N)c2)nc2ccccc2c1=O. The molecule has 170 valence electrons. The third kappa shape index (κ3) is 4.76. The number of thioether (sulfide) groups is 1. The minimum atomic E-state index is -0.298. The molecule has 1 amide bonds. The van der Waals surface area contributed by atoms with Crippen LogP contribution in [0, 0.1) is 18.3 Å². The van der Waals surface area contributed by atoms with Gasteiger partial charge in [-0.1, -0.05) is 41.6 Å². The zero-order valence-electron chi connectivity index (χ0n) is 18.3. The first kappa shape index (κ1) is 23.4. The Kier molecular flexibility index (Phi) is 6.87. The second-order valence-corrected chi connectivity index (χ2v) is 8.70. The van der Waals surface area contributed by atoms with Gasteiger partial charge in [0, 0.05) is 16.8 Å². The fourth-order valence-electron chi connectivity index (χ4n) is 3.40. The van der Waals surface area contributed by atoms with Gasteiger partial charge in [-0.15, -0.1) is 0 Å². The molecule has 0 radical (unpaired) electrons. The molecule has 4 aromatic rings. The number of carbonyl (C=O) groups excluding carboxylic acids is 1. The van der Waals surface area contributed by atoms with Gasteiger partial charge in [0.1, 0.15) is 5.75 Å². The second-order valence-electron chi connectivity index (χ2n) is 7.35. The molecule has 7 nitrogen and oxygen atoms in total. The molecule has 4 rings (SSSR count). The van der Waals surface area contributed by atoms with Crippen LogP contribution in [0.15, 0.2) is 70.6 Å². The van der Waals surface area contributed by atoms with E-state index < -0.39 is 0 Å². The molecule has 1 heterocycles. The van der Waals surface area contributed by atoms with Crippen molar-refractivity contribution in [1.29, 1.82) is 5.26 Å². The lowest BCUT2D eigenvalue weighted by Crippen LogP contribution is -2.23. The Labute approximate surface area is 205 Å². The molecule has 0 saturated heterocycles. The number of methoxy groups -OCH3 is 1. The van der Waals surface area contributed by atoms with E-state index in [0.29, 0.717) is 43.8 Å². The van der Waals surface area contributed by atoms with E-state index in [1.165, 1.54) is 11.7 Å². The maximum absolute atomic E-state index is 13.5. The number of amides is 1. The van der Waals surface area contributed by atoms with Gasteiger partial charge in [0.2, 0.25) is 5.91 Å². The maximum Gasteiger partial charge on any atom is 0.266 e. The molecule has 1 N–H and O–H groups in total. The van der Waals surface area contributed by atoms with Crippen molar-refractivity contribution >= 4 is 45.9 Å². The van der Waals surface area contributed by atoms with Crippen LogP contribution in [-0.4, -0.2) is 28.3 Å². The molecule has 1 aromatic heterocycles. The molecule has 0 aliphatic heterocycles. The summed E-state index contributed by atoms with van der Waals surface area (Å²) in [6.07, 6.45) is 0. The molecule has 0 bridgehead atoms. The van der Waals surface area contributed by atoms with E-state index in [1.807, 2.05) is 13.0 Å². The Morgan fingerprint density at radius 2 is 2.00 bits per heavy atom. The highest BCUT2D eigenvalue weighted by atomic mass is 35.5. The van der Waals surface area contributed by atoms with Crippen molar-refractivity contribution in [3.05, 3.63) is 87.2 Å². The summed E-state index contributed by atoms with van der Waals surface area (Å²) in [7, 11) is 1.50. The predicted molar refractivity (Wildman–Crippen MR) is 134 cm³/mol. The highest BCUT2D eigenvalue weighted by molar-refractivity contribution is 7.99. The largest absolute Gasteiger partial charge is 0.495 e. The molecule has 0 aliphatic carbocycles. The zero-order valence-corrected chi connectivity index (χ0v) is 19.9. The monoisotopic (exact) mass is 490 g/mol. The number of aromatic nitrogens is 2. The second kappa shape index (κ2) is 10.00. The van der Waals surface area contributed by atoms with E-state index >= 15 is 0 Å². The van der Waals surface area contributed by atoms with E-state index in [4.69, 9.17) is 21.6 Å². The number of rotatable bonds is 6. The van der Waals surface area contributed by atoms with Gasteiger partial charge in [0.15, 0.2) is 5.16 Å². The van der Waals surface area contributed by atoms with E-state index in [-0.39, 0.29) is 17.2 Å². The summed E-state index contributed by atoms with van der Waals surface area (Å²) >= 11 is 7.39. The summed E-state index contributed by atoms with van der Waals surface area (Å²) < 4.78 is 6.94. The number of aryl methyl sites for hydroxylation is 1. The lowest BCUT2D eigenvalue weighted by Gasteiger charge is -2.17. The van der Waals surface area contributed by atoms with Crippen LogP contribution in [0.2, 0.25) is 5.02 Å². The normalized spacial score (nSPS) is 10.6. The number of nitriles is 1. The summed E-state index contributed by atoms with van der Waals surface area (Å²) in [6.45, 7) is 1.83. The average Bonchev–Trinajstić information content (AvgIpc) is 2.84. The third-order valence-electron chi connectivity index (χ3n) is 5.05. The molecule has 9 heteroatoms. The van der Waals surface area contributed by atoms with Crippen molar-refractivity contribution in [3.63, 3.8) is 0 Å². The molecule has 34 heavy (non-hydrogen) atoms. The van der Waals surface area contributed by atoms with Crippen LogP contribution in [0.5, 0.6) is 5.75 Å². The number of hydrogen-bond acceptors (Lipinski definition) is 6. The number of anilines is 1. The van der Waals surface area contributed by atoms with Crippen LogP contribution in [0.3, 0.4) is 0 Å². The summed E-state index contributed by atoms with van der Waals surface area (Å²) in [5, 5.41) is 13.1. The molecule has 0 aliphatic rings. The molecule has 0 atom stereocenters. The van der Waals surface area contributed by atoms with Crippen LogP contribution in [-0.2, 0) is 4.79 Å². The molecule has 3 aromatic carbocycles. The Morgan fingerprint density at radius 3 is 2.76 bits per heavy atom. The van der Waals surface area contributed by atoms with Gasteiger partial charge in [-0.2, -0.15) is 5.26 Å². The number of fused-ring (bicyclic) bond motifs is 1. The van der Waals surface area contributed by atoms with Crippen LogP contribution in [0.1, 0.15) is 11.1 Å². The number of hydrogen-bond donors (Lipinski definition) is 1. The van der Waals surface area contributed by atoms with Crippen LogP contribution >= 0.6 is 23.4 Å². The number of ether oxygens (including phenoxy) is 1. The van der Waals surface area contributed by atoms with Crippen LogP contribution < -0.4 is 15.6 Å². The van der Waals surface area contributed by atoms with Gasteiger partial charge >= 0.3 is 0 Å². The fraction of sp³-hybridized carbons (Fsp3) is 0.120. The molecule has 0 spiro atoms. The number of benzene rings is 3. The quantitative estimate of drug-likeness (QED) is 0.303. The van der Waals surface area contributed by atoms with Crippen molar-refractivity contribution in [2.45, 2.75) is 12.1 Å². The highest BCUT2D eigenvalue weighted by Crippen LogP contribution is 2.32. The maximum atomic E-state index is 13.5. The van der Waals surface area contributed by atoms with Crippen LogP contribution in [0.25, 0.3) is 16.6 Å². The summed E-state index contributed by atoms with van der Waals surface area (Å²) in [5.41, 5.74) is 2.46.